The van der Waals surface area contributed by atoms with Gasteiger partial charge in [0.25, 0.3) is 0 Å². The van der Waals surface area contributed by atoms with Gasteiger partial charge in [-0.15, -0.1) is 11.8 Å². The Morgan fingerprint density at radius 1 is 1.38 bits per heavy atom. The van der Waals surface area contributed by atoms with E-state index >= 15 is 0 Å². The SMILES string of the molecule is O=C(NCC(O)c1ccco1)C1SCCc2ccccc21. The highest BCUT2D eigenvalue weighted by Gasteiger charge is 2.27. The summed E-state index contributed by atoms with van der Waals surface area (Å²) in [5.41, 5.74) is 2.32. The van der Waals surface area contributed by atoms with Crippen molar-refractivity contribution in [2.24, 2.45) is 0 Å². The van der Waals surface area contributed by atoms with Crippen LogP contribution >= 0.6 is 11.8 Å². The van der Waals surface area contributed by atoms with Gasteiger partial charge in [0.15, 0.2) is 0 Å². The van der Waals surface area contributed by atoms with Crippen molar-refractivity contribution in [3.05, 3.63) is 59.5 Å². The number of nitrogens with one attached hydrogen (secondary N) is 1. The van der Waals surface area contributed by atoms with Crippen LogP contribution in [0.5, 0.6) is 0 Å². The zero-order valence-corrected chi connectivity index (χ0v) is 12.3. The fourth-order valence-electron chi connectivity index (χ4n) is 2.48. The lowest BCUT2D eigenvalue weighted by Gasteiger charge is -2.24. The van der Waals surface area contributed by atoms with Gasteiger partial charge in [-0.2, -0.15) is 0 Å². The number of hydrogen-bond acceptors (Lipinski definition) is 4. The third kappa shape index (κ3) is 3.14. The number of hydrogen-bond donors (Lipinski definition) is 2. The van der Waals surface area contributed by atoms with Crippen LogP contribution in [0.3, 0.4) is 0 Å². The molecule has 1 aromatic carbocycles. The van der Waals surface area contributed by atoms with Crippen LogP contribution in [0, 0.1) is 0 Å². The molecular formula is C16H17NO3S. The second-order valence-corrected chi connectivity index (χ2v) is 6.19. The topological polar surface area (TPSA) is 62.5 Å². The molecule has 0 radical (unpaired) electrons. The van der Waals surface area contributed by atoms with Gasteiger partial charge in [-0.25, -0.2) is 0 Å². The van der Waals surface area contributed by atoms with Crippen molar-refractivity contribution in [3.63, 3.8) is 0 Å². The van der Waals surface area contributed by atoms with E-state index in [0.29, 0.717) is 5.76 Å². The van der Waals surface area contributed by atoms with E-state index in [0.717, 1.165) is 17.7 Å². The predicted molar refractivity (Wildman–Crippen MR) is 82.0 cm³/mol. The number of aliphatic hydroxyl groups excluding tert-OH is 1. The van der Waals surface area contributed by atoms with Crippen LogP contribution < -0.4 is 5.32 Å². The van der Waals surface area contributed by atoms with Crippen molar-refractivity contribution in [2.75, 3.05) is 12.3 Å². The number of amides is 1. The van der Waals surface area contributed by atoms with Gasteiger partial charge in [-0.1, -0.05) is 24.3 Å². The summed E-state index contributed by atoms with van der Waals surface area (Å²) in [6.45, 7) is 0.158. The Morgan fingerprint density at radius 2 is 2.24 bits per heavy atom. The van der Waals surface area contributed by atoms with Crippen LogP contribution in [0.4, 0.5) is 0 Å². The summed E-state index contributed by atoms with van der Waals surface area (Å²) >= 11 is 1.65. The van der Waals surface area contributed by atoms with Gasteiger partial charge in [0, 0.05) is 0 Å². The number of furan rings is 1. The quantitative estimate of drug-likeness (QED) is 0.911. The second kappa shape index (κ2) is 6.37. The molecular weight excluding hydrogens is 286 g/mol. The minimum atomic E-state index is -0.812. The van der Waals surface area contributed by atoms with E-state index in [2.05, 4.69) is 11.4 Å². The number of benzene rings is 1. The largest absolute Gasteiger partial charge is 0.467 e. The molecule has 5 heteroatoms. The standard InChI is InChI=1S/C16H17NO3S/c18-13(14-6-3-8-20-14)10-17-16(19)15-12-5-2-1-4-11(12)7-9-21-15/h1-6,8,13,15,18H,7,9-10H2,(H,17,19). The molecule has 1 aliphatic rings. The van der Waals surface area contributed by atoms with E-state index in [4.69, 9.17) is 4.42 Å². The second-order valence-electron chi connectivity index (χ2n) is 4.98. The predicted octanol–water partition coefficient (Wildman–Crippen LogP) is 2.46. The van der Waals surface area contributed by atoms with Crippen molar-refractivity contribution >= 4 is 17.7 Å². The monoisotopic (exact) mass is 303 g/mol. The first kappa shape index (κ1) is 14.2. The summed E-state index contributed by atoms with van der Waals surface area (Å²) in [4.78, 5) is 12.4. The fraction of sp³-hybridized carbons (Fsp3) is 0.312. The summed E-state index contributed by atoms with van der Waals surface area (Å²) in [7, 11) is 0. The molecule has 1 aromatic heterocycles. The third-order valence-electron chi connectivity index (χ3n) is 3.57. The number of rotatable bonds is 4. The molecule has 110 valence electrons. The smallest absolute Gasteiger partial charge is 0.237 e. The molecule has 0 spiro atoms. The minimum Gasteiger partial charge on any atom is -0.467 e. The first-order valence-corrected chi connectivity index (χ1v) is 7.99. The van der Waals surface area contributed by atoms with Gasteiger partial charge < -0.3 is 14.8 Å². The molecule has 1 aliphatic heterocycles. The van der Waals surface area contributed by atoms with Crippen molar-refractivity contribution in [3.8, 4) is 0 Å². The molecule has 1 amide bonds. The average molecular weight is 303 g/mol. The average Bonchev–Trinajstić information content (AvgIpc) is 3.06. The Kier molecular flexibility index (Phi) is 4.31. The summed E-state index contributed by atoms with van der Waals surface area (Å²) in [6.07, 6.45) is 1.69. The zero-order chi connectivity index (χ0) is 14.7. The molecule has 0 aliphatic carbocycles. The van der Waals surface area contributed by atoms with Crippen molar-refractivity contribution in [1.29, 1.82) is 0 Å². The molecule has 3 rings (SSSR count). The molecule has 0 saturated heterocycles. The maximum absolute atomic E-state index is 12.4. The maximum atomic E-state index is 12.4. The molecule has 2 aromatic rings. The Labute approximate surface area is 127 Å². The Morgan fingerprint density at radius 3 is 3.05 bits per heavy atom. The van der Waals surface area contributed by atoms with Crippen LogP contribution in [-0.2, 0) is 11.2 Å². The van der Waals surface area contributed by atoms with Crippen molar-refractivity contribution in [1.82, 2.24) is 5.32 Å². The molecule has 2 unspecified atom stereocenters. The van der Waals surface area contributed by atoms with E-state index in [-0.39, 0.29) is 17.7 Å². The van der Waals surface area contributed by atoms with Gasteiger partial charge in [0.05, 0.1) is 12.8 Å². The fourth-order valence-corrected chi connectivity index (χ4v) is 3.70. The number of aryl methyl sites for hydroxylation is 1. The number of carbonyl (C=O) groups excluding carboxylic acids is 1. The number of carbonyl (C=O) groups is 1. The summed E-state index contributed by atoms with van der Waals surface area (Å²) < 4.78 is 5.12. The summed E-state index contributed by atoms with van der Waals surface area (Å²) in [5, 5.41) is 12.6. The van der Waals surface area contributed by atoms with Crippen LogP contribution in [0.25, 0.3) is 0 Å². The lowest BCUT2D eigenvalue weighted by Crippen LogP contribution is -2.33. The molecule has 2 N–H and O–H groups in total. The van der Waals surface area contributed by atoms with Crippen molar-refractivity contribution in [2.45, 2.75) is 17.8 Å². The highest BCUT2D eigenvalue weighted by molar-refractivity contribution is 8.00. The normalized spacial score (nSPS) is 18.8. The van der Waals surface area contributed by atoms with Crippen molar-refractivity contribution < 1.29 is 14.3 Å². The van der Waals surface area contributed by atoms with Gasteiger partial charge in [0.1, 0.15) is 17.1 Å². The lowest BCUT2D eigenvalue weighted by atomic mass is 10.0. The number of fused-ring (bicyclic) bond motifs is 1. The Hall–Kier alpha value is -1.72. The lowest BCUT2D eigenvalue weighted by molar-refractivity contribution is -0.121. The van der Waals surface area contributed by atoms with Gasteiger partial charge >= 0.3 is 0 Å². The summed E-state index contributed by atoms with van der Waals surface area (Å²) in [5.74, 6) is 1.35. The Bertz CT molecular complexity index is 612. The number of thioether (sulfide) groups is 1. The molecule has 0 saturated carbocycles. The van der Waals surface area contributed by atoms with Crippen LogP contribution in [0.1, 0.15) is 28.2 Å². The first-order chi connectivity index (χ1) is 10.3. The van der Waals surface area contributed by atoms with Gasteiger partial charge in [-0.3, -0.25) is 4.79 Å². The summed E-state index contributed by atoms with van der Waals surface area (Å²) in [6, 6.07) is 11.5. The zero-order valence-electron chi connectivity index (χ0n) is 11.5. The van der Waals surface area contributed by atoms with E-state index in [1.54, 1.807) is 23.9 Å². The van der Waals surface area contributed by atoms with E-state index in [1.807, 2.05) is 18.2 Å². The van der Waals surface area contributed by atoms with Gasteiger partial charge in [-0.05, 0) is 35.4 Å². The van der Waals surface area contributed by atoms with Crippen LogP contribution in [0.2, 0.25) is 0 Å². The van der Waals surface area contributed by atoms with E-state index in [1.165, 1.54) is 11.8 Å². The molecule has 0 bridgehead atoms. The number of aliphatic hydroxyl groups is 1. The van der Waals surface area contributed by atoms with Crippen LogP contribution in [-0.4, -0.2) is 23.3 Å². The van der Waals surface area contributed by atoms with E-state index in [9.17, 15) is 9.90 Å². The maximum Gasteiger partial charge on any atom is 0.237 e. The molecule has 0 fully saturated rings. The Balaban J connectivity index is 1.64. The minimum absolute atomic E-state index is 0.0576. The highest BCUT2D eigenvalue weighted by Crippen LogP contribution is 2.36. The van der Waals surface area contributed by atoms with Gasteiger partial charge in [0.2, 0.25) is 5.91 Å². The first-order valence-electron chi connectivity index (χ1n) is 6.94. The molecule has 2 atom stereocenters. The van der Waals surface area contributed by atoms with E-state index < -0.39 is 6.10 Å². The molecule has 4 nitrogen and oxygen atoms in total. The third-order valence-corrected chi connectivity index (χ3v) is 4.81. The molecule has 21 heavy (non-hydrogen) atoms. The highest BCUT2D eigenvalue weighted by atomic mass is 32.2. The van der Waals surface area contributed by atoms with Crippen LogP contribution in [0.15, 0.2) is 47.1 Å². The molecule has 2 heterocycles.